The molecule has 1 fully saturated rings. The van der Waals surface area contributed by atoms with Crippen molar-refractivity contribution in [2.45, 2.75) is 45.8 Å². The van der Waals surface area contributed by atoms with Crippen molar-refractivity contribution in [2.24, 2.45) is 0 Å². The second kappa shape index (κ2) is 6.11. The molecule has 6 heteroatoms. The van der Waals surface area contributed by atoms with Crippen molar-refractivity contribution in [2.75, 3.05) is 4.90 Å². The van der Waals surface area contributed by atoms with Crippen LogP contribution in [0.2, 0.25) is 0 Å². The highest BCUT2D eigenvalue weighted by Crippen LogP contribution is 2.41. The zero-order valence-electron chi connectivity index (χ0n) is 14.0. The molecule has 2 aliphatic rings. The molecule has 126 valence electrons. The van der Waals surface area contributed by atoms with Crippen LogP contribution in [0.25, 0.3) is 5.57 Å². The monoisotopic (exact) mass is 328 g/mol. The third kappa shape index (κ3) is 2.68. The minimum atomic E-state index is -0.664. The normalized spacial score (nSPS) is 22.2. The summed E-state index contributed by atoms with van der Waals surface area (Å²) in [7, 11) is 0. The smallest absolute Gasteiger partial charge is 0.259 e. The van der Waals surface area contributed by atoms with Crippen LogP contribution in [0.3, 0.4) is 0 Å². The minimum absolute atomic E-state index is 0.0282. The Balaban J connectivity index is 2.01. The quantitative estimate of drug-likeness (QED) is 0.680. The summed E-state index contributed by atoms with van der Waals surface area (Å²) in [6.07, 6.45) is 2.33. The number of imide groups is 1. The van der Waals surface area contributed by atoms with Crippen molar-refractivity contribution >= 4 is 29.0 Å². The third-order valence-electron chi connectivity index (χ3n) is 4.15. The second-order valence-electron chi connectivity index (χ2n) is 6.19. The van der Waals surface area contributed by atoms with Gasteiger partial charge in [-0.25, -0.2) is 0 Å². The fraction of sp³-hybridized carbons (Fsp3) is 0.389. The van der Waals surface area contributed by atoms with Crippen molar-refractivity contribution in [3.63, 3.8) is 0 Å². The van der Waals surface area contributed by atoms with Crippen molar-refractivity contribution < 1.29 is 19.1 Å². The topological polar surface area (TPSA) is 75.7 Å². The molecule has 1 aromatic rings. The van der Waals surface area contributed by atoms with Crippen LogP contribution < -0.4 is 15.0 Å². The molecule has 6 nitrogen and oxygen atoms in total. The van der Waals surface area contributed by atoms with Crippen LogP contribution in [0.15, 0.2) is 24.3 Å². The molecule has 0 radical (unpaired) electrons. The number of benzene rings is 1. The van der Waals surface area contributed by atoms with Gasteiger partial charge in [0, 0.05) is 17.6 Å². The fourth-order valence-electron chi connectivity index (χ4n) is 3.16. The first kappa shape index (κ1) is 16.2. The van der Waals surface area contributed by atoms with E-state index in [-0.39, 0.29) is 24.3 Å². The molecular weight excluding hydrogens is 308 g/mol. The van der Waals surface area contributed by atoms with Gasteiger partial charge in [-0.15, -0.1) is 0 Å². The van der Waals surface area contributed by atoms with E-state index in [1.807, 2.05) is 19.9 Å². The summed E-state index contributed by atoms with van der Waals surface area (Å²) < 4.78 is 5.70. The number of hydrogen-bond acceptors (Lipinski definition) is 4. The lowest BCUT2D eigenvalue weighted by Crippen LogP contribution is -2.53. The Labute approximate surface area is 140 Å². The van der Waals surface area contributed by atoms with Crippen LogP contribution in [0, 0.1) is 0 Å². The summed E-state index contributed by atoms with van der Waals surface area (Å²) in [4.78, 5) is 37.8. The number of allylic oxidation sites excluding steroid dienone is 1. The molecular formula is C18H20N2O4. The van der Waals surface area contributed by atoms with Gasteiger partial charge in [-0.1, -0.05) is 6.08 Å². The SMILES string of the molecule is C/C=C1/C(=O)N(C2CCC(=O)NC2=O)c2ccc(OC(C)C)cc21. The zero-order valence-corrected chi connectivity index (χ0v) is 14.0. The molecule has 0 bridgehead atoms. The molecule has 3 rings (SSSR count). The number of carbonyl (C=O) groups is 3. The van der Waals surface area contributed by atoms with Gasteiger partial charge in [-0.2, -0.15) is 0 Å². The van der Waals surface area contributed by atoms with Gasteiger partial charge in [0.1, 0.15) is 11.8 Å². The maximum absolute atomic E-state index is 12.8. The van der Waals surface area contributed by atoms with Gasteiger partial charge in [0.2, 0.25) is 11.8 Å². The van der Waals surface area contributed by atoms with Gasteiger partial charge in [-0.05, 0) is 45.4 Å². The van der Waals surface area contributed by atoms with Gasteiger partial charge < -0.3 is 4.74 Å². The number of anilines is 1. The van der Waals surface area contributed by atoms with E-state index in [1.54, 1.807) is 25.1 Å². The summed E-state index contributed by atoms with van der Waals surface area (Å²) in [5.74, 6) is -0.259. The van der Waals surface area contributed by atoms with E-state index in [1.165, 1.54) is 4.90 Å². The van der Waals surface area contributed by atoms with E-state index in [9.17, 15) is 14.4 Å². The molecule has 1 atom stereocenters. The van der Waals surface area contributed by atoms with E-state index in [0.717, 1.165) is 5.56 Å². The van der Waals surface area contributed by atoms with Crippen LogP contribution in [0.1, 0.15) is 39.2 Å². The Morgan fingerprint density at radius 3 is 2.67 bits per heavy atom. The van der Waals surface area contributed by atoms with Gasteiger partial charge in [0.25, 0.3) is 5.91 Å². The number of hydrogen-bond donors (Lipinski definition) is 1. The van der Waals surface area contributed by atoms with Crippen molar-refractivity contribution in [3.05, 3.63) is 29.8 Å². The highest BCUT2D eigenvalue weighted by Gasteiger charge is 2.41. The molecule has 1 unspecified atom stereocenters. The van der Waals surface area contributed by atoms with E-state index in [2.05, 4.69) is 5.32 Å². The van der Waals surface area contributed by atoms with Crippen molar-refractivity contribution in [1.82, 2.24) is 5.32 Å². The van der Waals surface area contributed by atoms with Gasteiger partial charge in [0.15, 0.2) is 0 Å². The number of nitrogens with one attached hydrogen (secondary N) is 1. The average molecular weight is 328 g/mol. The average Bonchev–Trinajstić information content (AvgIpc) is 2.78. The lowest BCUT2D eigenvalue weighted by atomic mass is 10.0. The molecule has 0 aromatic heterocycles. The minimum Gasteiger partial charge on any atom is -0.491 e. The molecule has 1 aromatic carbocycles. The molecule has 0 saturated carbocycles. The molecule has 1 saturated heterocycles. The Morgan fingerprint density at radius 2 is 2.04 bits per heavy atom. The number of fused-ring (bicyclic) bond motifs is 1. The number of piperidine rings is 1. The molecule has 1 N–H and O–H groups in total. The maximum atomic E-state index is 12.8. The van der Waals surface area contributed by atoms with Crippen LogP contribution >= 0.6 is 0 Å². The first-order valence-electron chi connectivity index (χ1n) is 8.07. The molecule has 2 heterocycles. The van der Waals surface area contributed by atoms with Gasteiger partial charge in [0.05, 0.1) is 11.8 Å². The number of amides is 3. The first-order valence-corrected chi connectivity index (χ1v) is 8.07. The van der Waals surface area contributed by atoms with Crippen LogP contribution in [-0.2, 0) is 14.4 Å². The second-order valence-corrected chi connectivity index (χ2v) is 6.19. The standard InChI is InChI=1S/C18H20N2O4/c1-4-12-13-9-11(24-10(2)3)5-6-14(13)20(18(12)23)15-7-8-16(21)19-17(15)22/h4-6,9-10,15H,7-8H2,1-3H3,(H,19,21,22)/b12-4+. The molecule has 24 heavy (non-hydrogen) atoms. The predicted molar refractivity (Wildman–Crippen MR) is 89.5 cm³/mol. The number of carbonyl (C=O) groups excluding carboxylic acids is 3. The molecule has 2 aliphatic heterocycles. The largest absolute Gasteiger partial charge is 0.491 e. The van der Waals surface area contributed by atoms with Crippen LogP contribution in [0.4, 0.5) is 5.69 Å². The summed E-state index contributed by atoms with van der Waals surface area (Å²) in [6.45, 7) is 5.66. The summed E-state index contributed by atoms with van der Waals surface area (Å²) in [5.41, 5.74) is 1.98. The Kier molecular flexibility index (Phi) is 4.13. The lowest BCUT2D eigenvalue weighted by molar-refractivity contribution is -0.135. The predicted octanol–water partition coefficient (Wildman–Crippen LogP) is 2.03. The molecule has 3 amide bonds. The van der Waals surface area contributed by atoms with E-state index in [0.29, 0.717) is 23.4 Å². The Bertz CT molecular complexity index is 751. The van der Waals surface area contributed by atoms with Gasteiger partial charge in [-0.3, -0.25) is 24.6 Å². The molecule has 0 spiro atoms. The highest BCUT2D eigenvalue weighted by molar-refractivity contribution is 6.34. The summed E-state index contributed by atoms with van der Waals surface area (Å²) in [6, 6.07) is 4.76. The van der Waals surface area contributed by atoms with E-state index in [4.69, 9.17) is 4.74 Å². The van der Waals surface area contributed by atoms with Crippen molar-refractivity contribution in [1.29, 1.82) is 0 Å². The number of nitrogens with zero attached hydrogens (tertiary/aromatic N) is 1. The third-order valence-corrected chi connectivity index (χ3v) is 4.15. The number of ether oxygens (including phenoxy) is 1. The van der Waals surface area contributed by atoms with E-state index < -0.39 is 11.9 Å². The maximum Gasteiger partial charge on any atom is 0.259 e. The Hall–Kier alpha value is -2.63. The Morgan fingerprint density at radius 1 is 1.29 bits per heavy atom. The number of rotatable bonds is 3. The fourth-order valence-corrected chi connectivity index (χ4v) is 3.16. The summed E-state index contributed by atoms with van der Waals surface area (Å²) >= 11 is 0. The lowest BCUT2D eigenvalue weighted by Gasteiger charge is -2.30. The zero-order chi connectivity index (χ0) is 17.4. The first-order chi connectivity index (χ1) is 11.4. The van der Waals surface area contributed by atoms with Crippen LogP contribution in [-0.4, -0.2) is 29.9 Å². The van der Waals surface area contributed by atoms with E-state index >= 15 is 0 Å². The summed E-state index contributed by atoms with van der Waals surface area (Å²) in [5, 5.41) is 2.31. The van der Waals surface area contributed by atoms with Crippen molar-refractivity contribution in [3.8, 4) is 5.75 Å². The van der Waals surface area contributed by atoms with Crippen LogP contribution in [0.5, 0.6) is 5.75 Å². The highest BCUT2D eigenvalue weighted by atomic mass is 16.5. The molecule has 0 aliphatic carbocycles. The van der Waals surface area contributed by atoms with Gasteiger partial charge >= 0.3 is 0 Å².